The number of nitrogens with zero attached hydrogens (tertiary/aromatic N) is 6. The molecule has 0 aliphatic carbocycles. The third-order valence-corrected chi connectivity index (χ3v) is 5.86. The molecule has 0 bridgehead atoms. The van der Waals surface area contributed by atoms with Crippen LogP contribution in [0.2, 0.25) is 0 Å². The molecule has 2 aromatic heterocycles. The van der Waals surface area contributed by atoms with Crippen molar-refractivity contribution < 1.29 is 4.39 Å². The molecule has 9 heteroatoms. The van der Waals surface area contributed by atoms with E-state index in [1.165, 1.54) is 12.5 Å². The van der Waals surface area contributed by atoms with Gasteiger partial charge in [0.2, 0.25) is 0 Å². The normalized spacial score (nSPS) is 18.0. The highest BCUT2D eigenvalue weighted by molar-refractivity contribution is 7.98. The first kappa shape index (κ1) is 17.4. The van der Waals surface area contributed by atoms with Crippen molar-refractivity contribution in [1.29, 1.82) is 0 Å². The molecular formula is C17H21FN6OS. The molecular weight excluding hydrogens is 355 g/mol. The number of aryl methyl sites for hydroxylation is 1. The molecule has 7 nitrogen and oxygen atoms in total. The average molecular weight is 376 g/mol. The van der Waals surface area contributed by atoms with E-state index in [9.17, 15) is 9.18 Å². The second kappa shape index (κ2) is 7.71. The van der Waals surface area contributed by atoms with E-state index in [0.717, 1.165) is 48.8 Å². The van der Waals surface area contributed by atoms with Crippen molar-refractivity contribution in [1.82, 2.24) is 24.6 Å². The lowest BCUT2D eigenvalue weighted by atomic mass is 10.2. The molecule has 2 aliphatic rings. The lowest BCUT2D eigenvalue weighted by Gasteiger charge is -2.35. The van der Waals surface area contributed by atoms with E-state index >= 15 is 0 Å². The molecule has 4 rings (SSSR count). The highest BCUT2D eigenvalue weighted by Crippen LogP contribution is 2.21. The molecule has 0 amide bonds. The van der Waals surface area contributed by atoms with Gasteiger partial charge >= 0.3 is 0 Å². The van der Waals surface area contributed by atoms with Crippen LogP contribution in [0.4, 0.5) is 10.2 Å². The Hall–Kier alpha value is -2.00. The average Bonchev–Trinajstić information content (AvgIpc) is 2.67. The van der Waals surface area contributed by atoms with Crippen molar-refractivity contribution in [2.45, 2.75) is 18.7 Å². The van der Waals surface area contributed by atoms with E-state index in [1.54, 1.807) is 10.7 Å². The minimum absolute atomic E-state index is 0.0204. The Morgan fingerprint density at radius 1 is 1.19 bits per heavy atom. The van der Waals surface area contributed by atoms with Crippen LogP contribution in [0.3, 0.4) is 0 Å². The van der Waals surface area contributed by atoms with Crippen molar-refractivity contribution in [2.75, 3.05) is 43.4 Å². The zero-order valence-electron chi connectivity index (χ0n) is 14.5. The molecule has 2 aliphatic heterocycles. The van der Waals surface area contributed by atoms with Crippen LogP contribution >= 0.6 is 11.8 Å². The summed E-state index contributed by atoms with van der Waals surface area (Å²) in [5.41, 5.74) is 2.13. The fourth-order valence-electron chi connectivity index (χ4n) is 3.37. The topological polar surface area (TPSA) is 67.2 Å². The summed E-state index contributed by atoms with van der Waals surface area (Å²) in [6.07, 6.45) is 3.50. The summed E-state index contributed by atoms with van der Waals surface area (Å²) in [5.74, 6) is 1.94. The SMILES string of the molecule is O=c1cc2c(nn1CCN1CCN(c3ncncc3F)CC1)CCSC2. The number of fused-ring (bicyclic) bond motifs is 1. The molecule has 0 radical (unpaired) electrons. The molecule has 2 aromatic rings. The Kier molecular flexibility index (Phi) is 5.16. The zero-order valence-corrected chi connectivity index (χ0v) is 15.3. The molecule has 0 spiro atoms. The van der Waals surface area contributed by atoms with Gasteiger partial charge in [0.25, 0.3) is 5.56 Å². The van der Waals surface area contributed by atoms with Gasteiger partial charge in [-0.3, -0.25) is 9.69 Å². The first-order chi connectivity index (χ1) is 12.7. The molecule has 0 atom stereocenters. The van der Waals surface area contributed by atoms with Crippen molar-refractivity contribution in [3.63, 3.8) is 0 Å². The zero-order chi connectivity index (χ0) is 17.9. The quantitative estimate of drug-likeness (QED) is 0.781. The Balaban J connectivity index is 1.34. The number of halogens is 1. The van der Waals surface area contributed by atoms with Gasteiger partial charge in [0.05, 0.1) is 18.4 Å². The van der Waals surface area contributed by atoms with Crippen LogP contribution in [-0.4, -0.2) is 63.1 Å². The van der Waals surface area contributed by atoms with Crippen LogP contribution in [0.5, 0.6) is 0 Å². The van der Waals surface area contributed by atoms with E-state index in [4.69, 9.17) is 0 Å². The van der Waals surface area contributed by atoms with Gasteiger partial charge in [-0.2, -0.15) is 16.9 Å². The number of piperazine rings is 1. The fraction of sp³-hybridized carbons (Fsp3) is 0.529. The summed E-state index contributed by atoms with van der Waals surface area (Å²) in [7, 11) is 0. The second-order valence-corrected chi connectivity index (χ2v) is 7.61. The van der Waals surface area contributed by atoms with E-state index in [2.05, 4.69) is 20.0 Å². The van der Waals surface area contributed by atoms with Crippen molar-refractivity contribution >= 4 is 17.6 Å². The maximum Gasteiger partial charge on any atom is 0.267 e. The summed E-state index contributed by atoms with van der Waals surface area (Å²) >= 11 is 1.85. The minimum Gasteiger partial charge on any atom is -0.352 e. The number of rotatable bonds is 4. The van der Waals surface area contributed by atoms with E-state index in [-0.39, 0.29) is 11.4 Å². The van der Waals surface area contributed by atoms with Gasteiger partial charge in [-0.15, -0.1) is 0 Å². The number of hydrogen-bond donors (Lipinski definition) is 0. The predicted octanol–water partition coefficient (Wildman–Crippen LogP) is 0.784. The van der Waals surface area contributed by atoms with E-state index in [0.29, 0.717) is 25.5 Å². The summed E-state index contributed by atoms with van der Waals surface area (Å²) in [6, 6.07) is 1.74. The number of thioether (sulfide) groups is 1. The smallest absolute Gasteiger partial charge is 0.267 e. The lowest BCUT2D eigenvalue weighted by molar-refractivity contribution is 0.241. The van der Waals surface area contributed by atoms with Crippen LogP contribution in [-0.2, 0) is 18.7 Å². The maximum absolute atomic E-state index is 13.8. The van der Waals surface area contributed by atoms with Crippen molar-refractivity contribution in [2.24, 2.45) is 0 Å². The Morgan fingerprint density at radius 3 is 2.85 bits per heavy atom. The van der Waals surface area contributed by atoms with Crippen LogP contribution < -0.4 is 10.5 Å². The standard InChI is InChI=1S/C17H21FN6OS/c18-14-10-19-12-20-17(14)23-5-2-22(3-6-23)4-7-24-16(25)9-13-11-26-8-1-15(13)21-24/h9-10,12H,1-8,11H2. The highest BCUT2D eigenvalue weighted by atomic mass is 32.2. The Labute approximate surface area is 155 Å². The Morgan fingerprint density at radius 2 is 2.04 bits per heavy atom. The highest BCUT2D eigenvalue weighted by Gasteiger charge is 2.21. The van der Waals surface area contributed by atoms with E-state index in [1.807, 2.05) is 16.7 Å². The van der Waals surface area contributed by atoms with Gasteiger partial charge in [0.15, 0.2) is 11.6 Å². The third kappa shape index (κ3) is 3.73. The molecule has 0 aromatic carbocycles. The molecule has 1 saturated heterocycles. The van der Waals surface area contributed by atoms with Gasteiger partial charge < -0.3 is 4.90 Å². The minimum atomic E-state index is -0.385. The largest absolute Gasteiger partial charge is 0.352 e. The summed E-state index contributed by atoms with van der Waals surface area (Å²) < 4.78 is 15.4. The van der Waals surface area contributed by atoms with Crippen LogP contribution in [0.25, 0.3) is 0 Å². The van der Waals surface area contributed by atoms with Gasteiger partial charge in [-0.1, -0.05) is 0 Å². The van der Waals surface area contributed by atoms with Crippen LogP contribution in [0.15, 0.2) is 23.4 Å². The molecule has 0 saturated carbocycles. The van der Waals surface area contributed by atoms with Crippen LogP contribution in [0.1, 0.15) is 11.3 Å². The predicted molar refractivity (Wildman–Crippen MR) is 99.0 cm³/mol. The second-order valence-electron chi connectivity index (χ2n) is 6.50. The van der Waals surface area contributed by atoms with Gasteiger partial charge in [0.1, 0.15) is 6.33 Å². The third-order valence-electron chi connectivity index (χ3n) is 4.85. The summed E-state index contributed by atoms with van der Waals surface area (Å²) in [6.45, 7) is 4.37. The molecule has 0 unspecified atom stereocenters. The number of aromatic nitrogens is 4. The number of anilines is 1. The first-order valence-electron chi connectivity index (χ1n) is 8.81. The maximum atomic E-state index is 13.8. The lowest BCUT2D eigenvalue weighted by Crippen LogP contribution is -2.48. The monoisotopic (exact) mass is 376 g/mol. The molecule has 4 heterocycles. The molecule has 0 N–H and O–H groups in total. The molecule has 1 fully saturated rings. The molecule has 138 valence electrons. The summed E-state index contributed by atoms with van der Waals surface area (Å²) in [5, 5.41) is 4.56. The summed E-state index contributed by atoms with van der Waals surface area (Å²) in [4.78, 5) is 24.2. The van der Waals surface area contributed by atoms with Gasteiger partial charge in [-0.05, 0) is 11.3 Å². The van der Waals surface area contributed by atoms with Gasteiger partial charge in [-0.25, -0.2) is 19.0 Å². The van der Waals surface area contributed by atoms with E-state index < -0.39 is 0 Å². The molecule has 26 heavy (non-hydrogen) atoms. The number of hydrogen-bond acceptors (Lipinski definition) is 7. The van der Waals surface area contributed by atoms with Crippen LogP contribution in [0, 0.1) is 5.82 Å². The Bertz CT molecular complexity index is 836. The first-order valence-corrected chi connectivity index (χ1v) is 9.96. The van der Waals surface area contributed by atoms with Gasteiger partial charge in [0, 0.05) is 51.0 Å². The fourth-order valence-corrected chi connectivity index (χ4v) is 4.32. The van der Waals surface area contributed by atoms with Crippen molar-refractivity contribution in [3.05, 3.63) is 46.0 Å². The van der Waals surface area contributed by atoms with Crippen molar-refractivity contribution in [3.8, 4) is 0 Å².